The van der Waals surface area contributed by atoms with Gasteiger partial charge in [0, 0.05) is 11.6 Å². The van der Waals surface area contributed by atoms with Crippen molar-refractivity contribution in [2.24, 2.45) is 0 Å². The molecule has 1 heterocycles. The second-order valence-corrected chi connectivity index (χ2v) is 5.63. The Labute approximate surface area is 138 Å². The van der Waals surface area contributed by atoms with E-state index < -0.39 is 0 Å². The number of carbonyl (C=O) groups excluding carboxylic acids is 1. The third-order valence-corrected chi connectivity index (χ3v) is 3.59. The Morgan fingerprint density at radius 3 is 2.83 bits per heavy atom. The molecule has 2 N–H and O–H groups in total. The van der Waals surface area contributed by atoms with Gasteiger partial charge in [-0.25, -0.2) is 4.98 Å². The van der Waals surface area contributed by atoms with E-state index in [0.717, 1.165) is 22.4 Å². The third-order valence-electron chi connectivity index (χ3n) is 3.34. The highest BCUT2D eigenvalue weighted by molar-refractivity contribution is 6.30. The van der Waals surface area contributed by atoms with Crippen LogP contribution in [0.5, 0.6) is 5.75 Å². The summed E-state index contributed by atoms with van der Waals surface area (Å²) in [6.45, 7) is 2.32. The topological polar surface area (TPSA) is 67.0 Å². The Balaban J connectivity index is 1.52. The fourth-order valence-electron chi connectivity index (χ4n) is 2.23. The maximum atomic E-state index is 11.8. The van der Waals surface area contributed by atoms with Gasteiger partial charge in [-0.2, -0.15) is 0 Å². The van der Waals surface area contributed by atoms with Gasteiger partial charge < -0.3 is 15.0 Å². The summed E-state index contributed by atoms with van der Waals surface area (Å²) in [5.74, 6) is 1.30. The van der Waals surface area contributed by atoms with Crippen LogP contribution < -0.4 is 10.1 Å². The minimum Gasteiger partial charge on any atom is -0.484 e. The molecular weight excluding hydrogens is 314 g/mol. The fraction of sp³-hybridized carbons (Fsp3) is 0.176. The molecule has 3 rings (SSSR count). The van der Waals surface area contributed by atoms with E-state index in [1.807, 2.05) is 25.1 Å². The molecule has 1 amide bonds. The SMILES string of the molecule is Cc1nc2ccc(CNC(=O)COc3ccc(Cl)cc3)cc2[nH]1. The van der Waals surface area contributed by atoms with E-state index >= 15 is 0 Å². The van der Waals surface area contributed by atoms with Gasteiger partial charge in [-0.3, -0.25) is 4.79 Å². The normalized spacial score (nSPS) is 10.7. The van der Waals surface area contributed by atoms with Gasteiger partial charge in [-0.05, 0) is 48.9 Å². The smallest absolute Gasteiger partial charge is 0.258 e. The third kappa shape index (κ3) is 4.02. The number of imidazole rings is 1. The summed E-state index contributed by atoms with van der Waals surface area (Å²) >= 11 is 5.79. The second-order valence-electron chi connectivity index (χ2n) is 5.19. The van der Waals surface area contributed by atoms with Gasteiger partial charge in [0.1, 0.15) is 11.6 Å². The number of rotatable bonds is 5. The molecule has 0 aliphatic rings. The number of nitrogens with zero attached hydrogens (tertiary/aromatic N) is 1. The first kappa shape index (κ1) is 15.4. The molecule has 0 saturated carbocycles. The van der Waals surface area contributed by atoms with E-state index in [9.17, 15) is 4.79 Å². The summed E-state index contributed by atoms with van der Waals surface area (Å²) in [5, 5.41) is 3.46. The van der Waals surface area contributed by atoms with Crippen molar-refractivity contribution in [2.75, 3.05) is 6.61 Å². The van der Waals surface area contributed by atoms with Crippen molar-refractivity contribution in [3.05, 3.63) is 58.9 Å². The number of benzene rings is 2. The van der Waals surface area contributed by atoms with Crippen molar-refractivity contribution >= 4 is 28.5 Å². The van der Waals surface area contributed by atoms with Crippen LogP contribution in [0.15, 0.2) is 42.5 Å². The van der Waals surface area contributed by atoms with Crippen LogP contribution in [-0.2, 0) is 11.3 Å². The summed E-state index contributed by atoms with van der Waals surface area (Å²) < 4.78 is 5.40. The molecule has 5 nitrogen and oxygen atoms in total. The van der Waals surface area contributed by atoms with Gasteiger partial charge in [0.2, 0.25) is 0 Å². The fourth-order valence-corrected chi connectivity index (χ4v) is 2.35. The largest absolute Gasteiger partial charge is 0.484 e. The number of halogens is 1. The van der Waals surface area contributed by atoms with Crippen molar-refractivity contribution < 1.29 is 9.53 Å². The number of ether oxygens (including phenoxy) is 1. The van der Waals surface area contributed by atoms with E-state index in [-0.39, 0.29) is 12.5 Å². The van der Waals surface area contributed by atoms with Gasteiger partial charge >= 0.3 is 0 Å². The average molecular weight is 330 g/mol. The summed E-state index contributed by atoms with van der Waals surface area (Å²) in [6.07, 6.45) is 0. The minimum atomic E-state index is -0.180. The Hall–Kier alpha value is -2.53. The predicted octanol–water partition coefficient (Wildman–Crippen LogP) is 3.22. The van der Waals surface area contributed by atoms with Crippen LogP contribution in [0.1, 0.15) is 11.4 Å². The lowest BCUT2D eigenvalue weighted by Crippen LogP contribution is -2.28. The van der Waals surface area contributed by atoms with Gasteiger partial charge in [0.05, 0.1) is 11.0 Å². The standard InChI is InChI=1S/C17H16ClN3O2/c1-11-20-15-7-2-12(8-16(15)21-11)9-19-17(22)10-23-14-5-3-13(18)4-6-14/h2-8H,9-10H2,1H3,(H,19,22)(H,20,21). The number of aromatic amines is 1. The van der Waals surface area contributed by atoms with Crippen molar-refractivity contribution in [1.82, 2.24) is 15.3 Å². The maximum Gasteiger partial charge on any atom is 0.258 e. The molecule has 0 spiro atoms. The molecule has 0 bridgehead atoms. The molecule has 3 aromatic rings. The van der Waals surface area contributed by atoms with Crippen LogP contribution in [-0.4, -0.2) is 22.5 Å². The summed E-state index contributed by atoms with van der Waals surface area (Å²) in [6, 6.07) is 12.8. The zero-order chi connectivity index (χ0) is 16.2. The molecule has 0 unspecified atom stereocenters. The van der Waals surface area contributed by atoms with Crippen molar-refractivity contribution in [2.45, 2.75) is 13.5 Å². The lowest BCUT2D eigenvalue weighted by Gasteiger charge is -2.07. The summed E-state index contributed by atoms with van der Waals surface area (Å²) in [5.41, 5.74) is 2.89. The first-order chi connectivity index (χ1) is 11.1. The van der Waals surface area contributed by atoms with Gasteiger partial charge in [-0.15, -0.1) is 0 Å². The number of hydrogen-bond acceptors (Lipinski definition) is 3. The maximum absolute atomic E-state index is 11.8. The molecule has 0 aliphatic heterocycles. The Morgan fingerprint density at radius 1 is 1.26 bits per heavy atom. The van der Waals surface area contributed by atoms with Crippen LogP contribution in [0.2, 0.25) is 5.02 Å². The average Bonchev–Trinajstić information content (AvgIpc) is 2.91. The number of nitrogens with one attached hydrogen (secondary N) is 2. The van der Waals surface area contributed by atoms with Crippen LogP contribution in [0.4, 0.5) is 0 Å². The number of fused-ring (bicyclic) bond motifs is 1. The van der Waals surface area contributed by atoms with E-state index in [1.165, 1.54) is 0 Å². The quantitative estimate of drug-likeness (QED) is 0.755. The summed E-state index contributed by atoms with van der Waals surface area (Å²) in [4.78, 5) is 19.4. The number of amides is 1. The molecule has 0 fully saturated rings. The molecule has 23 heavy (non-hydrogen) atoms. The lowest BCUT2D eigenvalue weighted by molar-refractivity contribution is -0.123. The number of H-pyrrole nitrogens is 1. The number of aromatic nitrogens is 2. The van der Waals surface area contributed by atoms with Crippen molar-refractivity contribution in [3.63, 3.8) is 0 Å². The van der Waals surface area contributed by atoms with Crippen molar-refractivity contribution in [1.29, 1.82) is 0 Å². The zero-order valence-electron chi connectivity index (χ0n) is 12.6. The number of carbonyl (C=O) groups is 1. The van der Waals surface area contributed by atoms with E-state index in [0.29, 0.717) is 17.3 Å². The molecule has 0 aliphatic carbocycles. The number of aryl methyl sites for hydroxylation is 1. The predicted molar refractivity (Wildman–Crippen MR) is 89.6 cm³/mol. The van der Waals surface area contributed by atoms with Crippen LogP contribution in [0.25, 0.3) is 11.0 Å². The Bertz CT molecular complexity index is 827. The molecule has 118 valence electrons. The first-order valence-electron chi connectivity index (χ1n) is 7.20. The Kier molecular flexibility index (Phi) is 4.48. The lowest BCUT2D eigenvalue weighted by atomic mass is 10.2. The highest BCUT2D eigenvalue weighted by atomic mass is 35.5. The molecule has 1 aromatic heterocycles. The minimum absolute atomic E-state index is 0.0347. The zero-order valence-corrected chi connectivity index (χ0v) is 13.4. The van der Waals surface area contributed by atoms with Crippen molar-refractivity contribution in [3.8, 4) is 5.75 Å². The second kappa shape index (κ2) is 6.71. The molecule has 2 aromatic carbocycles. The Morgan fingerprint density at radius 2 is 2.04 bits per heavy atom. The molecule has 0 atom stereocenters. The van der Waals surface area contributed by atoms with E-state index in [4.69, 9.17) is 16.3 Å². The van der Waals surface area contributed by atoms with Crippen LogP contribution in [0.3, 0.4) is 0 Å². The van der Waals surface area contributed by atoms with Gasteiger partial charge in [-0.1, -0.05) is 17.7 Å². The first-order valence-corrected chi connectivity index (χ1v) is 7.58. The van der Waals surface area contributed by atoms with Gasteiger partial charge in [0.25, 0.3) is 5.91 Å². The van der Waals surface area contributed by atoms with Crippen LogP contribution >= 0.6 is 11.6 Å². The highest BCUT2D eigenvalue weighted by Crippen LogP contribution is 2.15. The van der Waals surface area contributed by atoms with E-state index in [2.05, 4.69) is 15.3 Å². The van der Waals surface area contributed by atoms with Gasteiger partial charge in [0.15, 0.2) is 6.61 Å². The van der Waals surface area contributed by atoms with Crippen LogP contribution in [0, 0.1) is 6.92 Å². The molecule has 6 heteroatoms. The van der Waals surface area contributed by atoms with E-state index in [1.54, 1.807) is 24.3 Å². The monoisotopic (exact) mass is 329 g/mol. The molecular formula is C17H16ClN3O2. The molecule has 0 radical (unpaired) electrons. The molecule has 0 saturated heterocycles. The summed E-state index contributed by atoms with van der Waals surface area (Å²) in [7, 11) is 0. The highest BCUT2D eigenvalue weighted by Gasteiger charge is 2.05. The number of hydrogen-bond donors (Lipinski definition) is 2.